The van der Waals surface area contributed by atoms with Gasteiger partial charge in [-0.25, -0.2) is 4.98 Å². The molecule has 3 rings (SSSR count). The Kier molecular flexibility index (Phi) is 4.19. The molecule has 0 aliphatic rings. The number of nitrogens with zero attached hydrogens (tertiary/aromatic N) is 3. The van der Waals surface area contributed by atoms with E-state index in [4.69, 9.17) is 11.6 Å². The van der Waals surface area contributed by atoms with E-state index < -0.39 is 11.7 Å². The molecule has 124 valence electrons. The van der Waals surface area contributed by atoms with E-state index >= 15 is 0 Å². The first-order valence-corrected chi connectivity index (χ1v) is 7.19. The van der Waals surface area contributed by atoms with Gasteiger partial charge < -0.3 is 4.84 Å². The standard InChI is InChI=1S/C16H11ClF3N3O/c1-24-22-7-10-9-23(14-5-3-2-4-12(10)14)15-13(17)6-11(8-21-15)16(18,19)20/h2-9H,1H3/b22-7+. The summed E-state index contributed by atoms with van der Waals surface area (Å²) in [5, 5.41) is 4.47. The Morgan fingerprint density at radius 3 is 2.71 bits per heavy atom. The summed E-state index contributed by atoms with van der Waals surface area (Å²) >= 11 is 6.04. The fourth-order valence-corrected chi connectivity index (χ4v) is 2.61. The van der Waals surface area contributed by atoms with Crippen LogP contribution in [0.25, 0.3) is 16.7 Å². The van der Waals surface area contributed by atoms with E-state index in [1.165, 1.54) is 13.3 Å². The van der Waals surface area contributed by atoms with E-state index in [9.17, 15) is 13.2 Å². The Bertz CT molecular complexity index is 919. The minimum absolute atomic E-state index is 0.0965. The lowest BCUT2D eigenvalue weighted by molar-refractivity contribution is -0.137. The summed E-state index contributed by atoms with van der Waals surface area (Å²) in [6.07, 6.45) is -0.533. The summed E-state index contributed by atoms with van der Waals surface area (Å²) < 4.78 is 39.9. The van der Waals surface area contributed by atoms with Gasteiger partial charge >= 0.3 is 6.18 Å². The average Bonchev–Trinajstić information content (AvgIpc) is 2.91. The molecule has 0 radical (unpaired) electrons. The normalized spacial score (nSPS) is 12.2. The molecule has 3 aromatic rings. The van der Waals surface area contributed by atoms with E-state index in [0.29, 0.717) is 0 Å². The Morgan fingerprint density at radius 2 is 2.04 bits per heavy atom. The van der Waals surface area contributed by atoms with Gasteiger partial charge in [0.2, 0.25) is 0 Å². The van der Waals surface area contributed by atoms with Gasteiger partial charge in [-0.1, -0.05) is 35.0 Å². The van der Waals surface area contributed by atoms with E-state index in [0.717, 1.165) is 28.7 Å². The number of benzene rings is 1. The number of aromatic nitrogens is 2. The second-order valence-corrected chi connectivity index (χ2v) is 5.32. The van der Waals surface area contributed by atoms with Gasteiger partial charge in [0, 0.05) is 23.3 Å². The highest BCUT2D eigenvalue weighted by molar-refractivity contribution is 6.32. The Balaban J connectivity index is 2.18. The van der Waals surface area contributed by atoms with Crippen molar-refractivity contribution in [3.63, 3.8) is 0 Å². The predicted octanol–water partition coefficient (Wildman–Crippen LogP) is 4.68. The maximum atomic E-state index is 12.8. The molecule has 8 heteroatoms. The first-order chi connectivity index (χ1) is 11.4. The minimum atomic E-state index is -4.50. The van der Waals surface area contributed by atoms with Crippen molar-refractivity contribution >= 4 is 28.7 Å². The predicted molar refractivity (Wildman–Crippen MR) is 85.7 cm³/mol. The maximum Gasteiger partial charge on any atom is 0.417 e. The van der Waals surface area contributed by atoms with Gasteiger partial charge in [0.15, 0.2) is 5.82 Å². The van der Waals surface area contributed by atoms with Crippen LogP contribution in [0.4, 0.5) is 13.2 Å². The number of fused-ring (bicyclic) bond motifs is 1. The van der Waals surface area contributed by atoms with E-state index in [2.05, 4.69) is 15.0 Å². The zero-order chi connectivity index (χ0) is 17.3. The summed E-state index contributed by atoms with van der Waals surface area (Å²) in [5.74, 6) is 0.206. The highest BCUT2D eigenvalue weighted by Crippen LogP contribution is 2.33. The molecule has 1 aromatic carbocycles. The van der Waals surface area contributed by atoms with Crippen molar-refractivity contribution < 1.29 is 18.0 Å². The van der Waals surface area contributed by atoms with Crippen molar-refractivity contribution in [2.75, 3.05) is 7.11 Å². The van der Waals surface area contributed by atoms with Gasteiger partial charge in [0.1, 0.15) is 7.11 Å². The number of halogens is 4. The van der Waals surface area contributed by atoms with Crippen molar-refractivity contribution in [1.29, 1.82) is 0 Å². The first kappa shape index (κ1) is 16.3. The third-order valence-corrected chi connectivity index (χ3v) is 3.70. The highest BCUT2D eigenvalue weighted by Gasteiger charge is 2.31. The van der Waals surface area contributed by atoms with Gasteiger partial charge in [-0.3, -0.25) is 4.57 Å². The molecule has 2 aromatic heterocycles. The molecule has 0 unspecified atom stereocenters. The van der Waals surface area contributed by atoms with Crippen LogP contribution in [-0.4, -0.2) is 22.9 Å². The molecule has 0 aliphatic heterocycles. The van der Waals surface area contributed by atoms with E-state index in [1.54, 1.807) is 10.8 Å². The van der Waals surface area contributed by atoms with Gasteiger partial charge in [-0.15, -0.1) is 0 Å². The molecular formula is C16H11ClF3N3O. The van der Waals surface area contributed by atoms with Crippen molar-refractivity contribution in [1.82, 2.24) is 9.55 Å². The second kappa shape index (κ2) is 6.16. The Labute approximate surface area is 140 Å². The summed E-state index contributed by atoms with van der Waals surface area (Å²) in [6, 6.07) is 8.20. The lowest BCUT2D eigenvalue weighted by Crippen LogP contribution is -2.07. The molecule has 0 N–H and O–H groups in total. The van der Waals surface area contributed by atoms with Crippen molar-refractivity contribution in [2.24, 2.45) is 5.16 Å². The van der Waals surface area contributed by atoms with Crippen molar-refractivity contribution in [3.8, 4) is 5.82 Å². The van der Waals surface area contributed by atoms with Crippen LogP contribution in [0.5, 0.6) is 0 Å². The molecule has 0 saturated carbocycles. The van der Waals surface area contributed by atoms with Crippen LogP contribution in [0.15, 0.2) is 47.9 Å². The fourth-order valence-electron chi connectivity index (χ4n) is 2.36. The topological polar surface area (TPSA) is 39.4 Å². The lowest BCUT2D eigenvalue weighted by Gasteiger charge is -2.10. The van der Waals surface area contributed by atoms with Crippen LogP contribution in [-0.2, 0) is 11.0 Å². The van der Waals surface area contributed by atoms with Crippen LogP contribution >= 0.6 is 11.6 Å². The quantitative estimate of drug-likeness (QED) is 0.506. The average molecular weight is 354 g/mol. The highest BCUT2D eigenvalue weighted by atomic mass is 35.5. The summed E-state index contributed by atoms with van der Waals surface area (Å²) in [6.45, 7) is 0. The molecule has 0 atom stereocenters. The molecular weight excluding hydrogens is 343 g/mol. The molecule has 0 aliphatic carbocycles. The van der Waals surface area contributed by atoms with Gasteiger partial charge in [0.05, 0.1) is 22.3 Å². The number of rotatable bonds is 3. The third-order valence-electron chi connectivity index (χ3n) is 3.42. The van der Waals surface area contributed by atoms with Gasteiger partial charge in [-0.05, 0) is 12.1 Å². The summed E-state index contributed by atoms with van der Waals surface area (Å²) in [4.78, 5) is 8.57. The maximum absolute atomic E-state index is 12.8. The summed E-state index contributed by atoms with van der Waals surface area (Å²) in [7, 11) is 1.42. The molecule has 0 bridgehead atoms. The Hall–Kier alpha value is -2.54. The number of alkyl halides is 3. The molecule has 0 saturated heterocycles. The number of oxime groups is 1. The van der Waals surface area contributed by atoms with Crippen LogP contribution in [0.2, 0.25) is 5.02 Å². The smallest absolute Gasteiger partial charge is 0.399 e. The third kappa shape index (κ3) is 2.94. The van der Waals surface area contributed by atoms with Crippen LogP contribution in [0.3, 0.4) is 0 Å². The zero-order valence-electron chi connectivity index (χ0n) is 12.4. The van der Waals surface area contributed by atoms with Gasteiger partial charge in [0.25, 0.3) is 0 Å². The molecule has 0 spiro atoms. The number of hydrogen-bond donors (Lipinski definition) is 0. The van der Waals surface area contributed by atoms with Crippen LogP contribution < -0.4 is 0 Å². The second-order valence-electron chi connectivity index (χ2n) is 4.92. The first-order valence-electron chi connectivity index (χ1n) is 6.81. The van der Waals surface area contributed by atoms with Crippen LogP contribution in [0, 0.1) is 0 Å². The van der Waals surface area contributed by atoms with E-state index in [1.807, 2.05) is 24.3 Å². The van der Waals surface area contributed by atoms with Gasteiger partial charge in [-0.2, -0.15) is 13.2 Å². The SMILES string of the molecule is CO/N=C/c1cn(-c2ncc(C(F)(F)F)cc2Cl)c2ccccc12. The molecule has 2 heterocycles. The van der Waals surface area contributed by atoms with Crippen molar-refractivity contribution in [3.05, 3.63) is 58.9 Å². The molecule has 4 nitrogen and oxygen atoms in total. The van der Waals surface area contributed by atoms with Crippen molar-refractivity contribution in [2.45, 2.75) is 6.18 Å². The minimum Gasteiger partial charge on any atom is -0.399 e. The number of para-hydroxylation sites is 1. The summed E-state index contributed by atoms with van der Waals surface area (Å²) in [5.41, 5.74) is 0.573. The largest absolute Gasteiger partial charge is 0.417 e. The molecule has 0 amide bonds. The Morgan fingerprint density at radius 1 is 1.29 bits per heavy atom. The lowest BCUT2D eigenvalue weighted by atomic mass is 10.2. The van der Waals surface area contributed by atoms with Crippen LogP contribution in [0.1, 0.15) is 11.1 Å². The molecule has 24 heavy (non-hydrogen) atoms. The monoisotopic (exact) mass is 353 g/mol. The zero-order valence-corrected chi connectivity index (χ0v) is 13.1. The van der Waals surface area contributed by atoms with E-state index in [-0.39, 0.29) is 10.8 Å². The molecule has 0 fully saturated rings. The number of pyridine rings is 1. The number of hydrogen-bond acceptors (Lipinski definition) is 3. The fraction of sp³-hybridized carbons (Fsp3) is 0.125.